The number of nitrogens with one attached hydrogen (secondary N) is 1. The van der Waals surface area contributed by atoms with Gasteiger partial charge in [-0.3, -0.25) is 5.32 Å². The molecule has 2 aliphatic rings. The molecule has 6 atom stereocenters. The van der Waals surface area contributed by atoms with Crippen molar-refractivity contribution in [3.8, 4) is 0 Å². The van der Waals surface area contributed by atoms with Crippen LogP contribution < -0.4 is 5.32 Å². The third-order valence-electron chi connectivity index (χ3n) is 4.64. The molecule has 2 aliphatic carbocycles. The lowest BCUT2D eigenvalue weighted by Gasteiger charge is -2.40. The lowest BCUT2D eigenvalue weighted by atomic mass is 9.74. The SMILES string of the molecule is BCCCC(C)OC(NCF)C1C(C)C2CC21. The van der Waals surface area contributed by atoms with Crippen molar-refractivity contribution < 1.29 is 9.13 Å². The largest absolute Gasteiger partial charge is 0.360 e. The number of rotatable bonds is 8. The summed E-state index contributed by atoms with van der Waals surface area (Å²) in [5.74, 6) is 2.98. The number of ether oxygens (including phenoxy) is 1. The van der Waals surface area contributed by atoms with Gasteiger partial charge in [0.15, 0.2) is 0 Å². The molecule has 2 rings (SSSR count). The van der Waals surface area contributed by atoms with Crippen molar-refractivity contribution in [1.82, 2.24) is 5.32 Å². The van der Waals surface area contributed by atoms with Crippen molar-refractivity contribution in [2.75, 3.05) is 6.80 Å². The first-order chi connectivity index (χ1) is 8.19. The third kappa shape index (κ3) is 2.84. The number of hydrogen-bond acceptors (Lipinski definition) is 2. The van der Waals surface area contributed by atoms with Gasteiger partial charge in [0.1, 0.15) is 20.9 Å². The molecule has 6 unspecified atom stereocenters. The Morgan fingerprint density at radius 2 is 2.24 bits per heavy atom. The van der Waals surface area contributed by atoms with E-state index in [-0.39, 0.29) is 12.3 Å². The Kier molecular flexibility index (Phi) is 4.48. The highest BCUT2D eigenvalue weighted by Gasteiger charge is 2.61. The smallest absolute Gasteiger partial charge is 0.142 e. The van der Waals surface area contributed by atoms with Crippen LogP contribution in [0.5, 0.6) is 0 Å². The van der Waals surface area contributed by atoms with E-state index in [0.717, 1.165) is 18.3 Å². The average Bonchev–Trinajstić information content (AvgIpc) is 3.01. The number of hydrogen-bond donors (Lipinski definition) is 1. The van der Waals surface area contributed by atoms with Crippen molar-refractivity contribution in [3.05, 3.63) is 0 Å². The molecule has 0 aromatic carbocycles. The summed E-state index contributed by atoms with van der Waals surface area (Å²) >= 11 is 0. The van der Waals surface area contributed by atoms with Crippen LogP contribution in [-0.2, 0) is 4.74 Å². The zero-order valence-electron chi connectivity index (χ0n) is 11.3. The fourth-order valence-corrected chi connectivity index (χ4v) is 3.47. The number of fused-ring (bicyclic) bond motifs is 1. The summed E-state index contributed by atoms with van der Waals surface area (Å²) in [7, 11) is 2.19. The van der Waals surface area contributed by atoms with E-state index in [1.807, 2.05) is 0 Å². The normalized spacial score (nSPS) is 38.1. The van der Waals surface area contributed by atoms with Crippen molar-refractivity contribution in [2.45, 2.75) is 51.8 Å². The van der Waals surface area contributed by atoms with E-state index in [1.54, 1.807) is 0 Å². The first-order valence-electron chi connectivity index (χ1n) is 7.13. The molecule has 0 aromatic heterocycles. The summed E-state index contributed by atoms with van der Waals surface area (Å²) < 4.78 is 18.6. The number of alkyl halides is 1. The van der Waals surface area contributed by atoms with Crippen molar-refractivity contribution in [3.63, 3.8) is 0 Å². The van der Waals surface area contributed by atoms with E-state index in [0.29, 0.717) is 11.8 Å². The molecular formula is C13H25BFNO. The summed E-state index contributed by atoms with van der Waals surface area (Å²) in [5, 5.41) is 2.89. The molecule has 4 heteroatoms. The maximum Gasteiger partial charge on any atom is 0.142 e. The van der Waals surface area contributed by atoms with E-state index >= 15 is 0 Å². The Balaban J connectivity index is 1.80. The van der Waals surface area contributed by atoms with Crippen LogP contribution in [0.4, 0.5) is 4.39 Å². The van der Waals surface area contributed by atoms with E-state index in [9.17, 15) is 4.39 Å². The first kappa shape index (κ1) is 13.3. The molecule has 0 aliphatic heterocycles. The van der Waals surface area contributed by atoms with E-state index in [2.05, 4.69) is 27.0 Å². The van der Waals surface area contributed by atoms with Gasteiger partial charge in [-0.1, -0.05) is 19.7 Å². The summed E-state index contributed by atoms with van der Waals surface area (Å²) in [5.41, 5.74) is 0. The van der Waals surface area contributed by atoms with Crippen LogP contribution in [-0.4, -0.2) is 27.0 Å². The topological polar surface area (TPSA) is 21.3 Å². The Bertz CT molecular complexity index is 254. The third-order valence-corrected chi connectivity index (χ3v) is 4.64. The summed E-state index contributed by atoms with van der Waals surface area (Å²) in [4.78, 5) is 0. The van der Waals surface area contributed by atoms with Gasteiger partial charge < -0.3 is 4.74 Å². The Morgan fingerprint density at radius 3 is 2.76 bits per heavy atom. The minimum absolute atomic E-state index is 0.0643. The second-order valence-electron chi connectivity index (χ2n) is 5.85. The van der Waals surface area contributed by atoms with Crippen LogP contribution in [0.25, 0.3) is 0 Å². The first-order valence-corrected chi connectivity index (χ1v) is 7.13. The minimum atomic E-state index is -0.480. The molecule has 2 nitrogen and oxygen atoms in total. The van der Waals surface area contributed by atoms with Crippen LogP contribution in [0.1, 0.15) is 33.1 Å². The Hall–Kier alpha value is -0.0851. The molecule has 0 heterocycles. The van der Waals surface area contributed by atoms with Crippen molar-refractivity contribution in [1.29, 1.82) is 0 Å². The van der Waals surface area contributed by atoms with Gasteiger partial charge in [-0.25, -0.2) is 4.39 Å². The lowest BCUT2D eigenvalue weighted by molar-refractivity contribution is -0.101. The molecule has 0 aromatic rings. The predicted octanol–water partition coefficient (Wildman–Crippen LogP) is 1.97. The highest BCUT2D eigenvalue weighted by atomic mass is 19.1. The van der Waals surface area contributed by atoms with Crippen LogP contribution in [0, 0.1) is 23.7 Å². The summed E-state index contributed by atoms with van der Waals surface area (Å²) in [6, 6.07) is 0. The maximum absolute atomic E-state index is 12.5. The number of halogens is 1. The fraction of sp³-hybridized carbons (Fsp3) is 1.00. The molecular weight excluding hydrogens is 216 g/mol. The molecule has 0 bridgehead atoms. The zero-order chi connectivity index (χ0) is 12.4. The standard InChI is InChI=1S/C13H25BFNO/c1-8(4-3-5-14)17-13(16-7-15)12-9(2)10-6-11(10)12/h8-13,16H,3-7,14H2,1-2H3. The van der Waals surface area contributed by atoms with Crippen LogP contribution in [0.3, 0.4) is 0 Å². The lowest BCUT2D eigenvalue weighted by Crippen LogP contribution is -2.48. The van der Waals surface area contributed by atoms with Crippen LogP contribution in [0.2, 0.25) is 6.32 Å². The molecule has 2 saturated carbocycles. The van der Waals surface area contributed by atoms with Gasteiger partial charge in [0, 0.05) is 5.92 Å². The van der Waals surface area contributed by atoms with Gasteiger partial charge in [0.05, 0.1) is 6.10 Å². The van der Waals surface area contributed by atoms with Crippen molar-refractivity contribution in [2.24, 2.45) is 23.7 Å². The average molecular weight is 241 g/mol. The van der Waals surface area contributed by atoms with Gasteiger partial charge >= 0.3 is 0 Å². The highest BCUT2D eigenvalue weighted by Crippen LogP contribution is 2.64. The zero-order valence-corrected chi connectivity index (χ0v) is 11.3. The quantitative estimate of drug-likeness (QED) is 0.398. The minimum Gasteiger partial charge on any atom is -0.360 e. The molecule has 0 amide bonds. The molecule has 0 saturated heterocycles. The Labute approximate surface area is 105 Å². The van der Waals surface area contributed by atoms with Crippen LogP contribution >= 0.6 is 0 Å². The van der Waals surface area contributed by atoms with Crippen LogP contribution in [0.15, 0.2) is 0 Å². The van der Waals surface area contributed by atoms with Gasteiger partial charge in [-0.15, -0.1) is 0 Å². The molecule has 1 N–H and O–H groups in total. The predicted molar refractivity (Wildman–Crippen MR) is 70.3 cm³/mol. The molecule has 0 spiro atoms. The molecule has 2 fully saturated rings. The highest BCUT2D eigenvalue weighted by molar-refractivity contribution is 6.08. The Morgan fingerprint density at radius 1 is 1.47 bits per heavy atom. The van der Waals surface area contributed by atoms with Gasteiger partial charge in [-0.05, 0) is 37.5 Å². The summed E-state index contributed by atoms with van der Waals surface area (Å²) in [6.07, 6.45) is 4.98. The summed E-state index contributed by atoms with van der Waals surface area (Å²) in [6.45, 7) is 3.91. The second kappa shape index (κ2) is 5.70. The van der Waals surface area contributed by atoms with E-state index in [1.165, 1.54) is 19.2 Å². The van der Waals surface area contributed by atoms with E-state index < -0.39 is 6.80 Å². The van der Waals surface area contributed by atoms with Gasteiger partial charge in [0.25, 0.3) is 0 Å². The monoisotopic (exact) mass is 241 g/mol. The van der Waals surface area contributed by atoms with Gasteiger partial charge in [-0.2, -0.15) is 0 Å². The molecule has 98 valence electrons. The van der Waals surface area contributed by atoms with Crippen molar-refractivity contribution >= 4 is 7.85 Å². The second-order valence-corrected chi connectivity index (χ2v) is 5.85. The maximum atomic E-state index is 12.5. The van der Waals surface area contributed by atoms with Gasteiger partial charge in [0.2, 0.25) is 0 Å². The van der Waals surface area contributed by atoms with E-state index in [4.69, 9.17) is 4.74 Å². The fourth-order valence-electron chi connectivity index (χ4n) is 3.47. The molecule has 17 heavy (non-hydrogen) atoms. The molecule has 0 radical (unpaired) electrons.